The van der Waals surface area contributed by atoms with Crippen LogP contribution < -0.4 is 15.7 Å². The first-order valence-electron chi connectivity index (χ1n) is 7.40. The van der Waals surface area contributed by atoms with Crippen molar-refractivity contribution in [3.05, 3.63) is 58.1 Å². The standard InChI is InChI=1S/C17H18N2O4/c1-11-3-5-13(6-4-11)18-17(21)19-9-15(10-19)23-14-7-12(2)22-16(20)8-14/h3-8,15H,9-10H2,1-2H3,(H,18,21). The van der Waals surface area contributed by atoms with Gasteiger partial charge in [0, 0.05) is 11.8 Å². The normalized spacial score (nSPS) is 14.3. The minimum Gasteiger partial charge on any atom is -0.486 e. The number of hydrogen-bond acceptors (Lipinski definition) is 4. The molecule has 1 aliphatic rings. The number of carbonyl (C=O) groups is 1. The molecule has 0 saturated carbocycles. The van der Waals surface area contributed by atoms with Crippen LogP contribution in [0.4, 0.5) is 10.5 Å². The summed E-state index contributed by atoms with van der Waals surface area (Å²) in [6.45, 7) is 4.65. The first kappa shape index (κ1) is 15.1. The van der Waals surface area contributed by atoms with Crippen molar-refractivity contribution in [1.82, 2.24) is 4.90 Å². The number of nitrogens with one attached hydrogen (secondary N) is 1. The van der Waals surface area contributed by atoms with Gasteiger partial charge in [-0.1, -0.05) is 17.7 Å². The number of rotatable bonds is 3. The average Bonchev–Trinajstić information content (AvgIpc) is 2.43. The van der Waals surface area contributed by atoms with Gasteiger partial charge in [-0.25, -0.2) is 9.59 Å². The van der Waals surface area contributed by atoms with Crippen LogP contribution >= 0.6 is 0 Å². The lowest BCUT2D eigenvalue weighted by atomic mass is 10.2. The van der Waals surface area contributed by atoms with Gasteiger partial charge in [0.05, 0.1) is 19.2 Å². The molecule has 0 bridgehead atoms. The molecule has 2 aromatic rings. The van der Waals surface area contributed by atoms with Crippen molar-refractivity contribution >= 4 is 11.7 Å². The van der Waals surface area contributed by atoms with Crippen LogP contribution in [0.5, 0.6) is 5.75 Å². The topological polar surface area (TPSA) is 71.8 Å². The molecule has 0 radical (unpaired) electrons. The highest BCUT2D eigenvalue weighted by Gasteiger charge is 2.32. The van der Waals surface area contributed by atoms with E-state index in [1.54, 1.807) is 17.9 Å². The van der Waals surface area contributed by atoms with Crippen LogP contribution in [0.15, 0.2) is 45.6 Å². The van der Waals surface area contributed by atoms with Gasteiger partial charge in [-0.2, -0.15) is 0 Å². The number of anilines is 1. The predicted molar refractivity (Wildman–Crippen MR) is 85.9 cm³/mol. The lowest BCUT2D eigenvalue weighted by molar-refractivity contribution is 0.0487. The van der Waals surface area contributed by atoms with E-state index in [1.165, 1.54) is 6.07 Å². The van der Waals surface area contributed by atoms with E-state index in [2.05, 4.69) is 5.32 Å². The molecule has 6 nitrogen and oxygen atoms in total. The third-order valence-electron chi connectivity index (χ3n) is 3.61. The largest absolute Gasteiger partial charge is 0.486 e. The molecule has 0 atom stereocenters. The average molecular weight is 314 g/mol. The van der Waals surface area contributed by atoms with E-state index >= 15 is 0 Å². The van der Waals surface area contributed by atoms with Crippen LogP contribution in [0.2, 0.25) is 0 Å². The van der Waals surface area contributed by atoms with Gasteiger partial charge in [0.1, 0.15) is 17.6 Å². The molecule has 1 saturated heterocycles. The molecule has 6 heteroatoms. The molecule has 1 aromatic carbocycles. The second kappa shape index (κ2) is 6.16. The van der Waals surface area contributed by atoms with Crippen LogP contribution in [0.3, 0.4) is 0 Å². The van der Waals surface area contributed by atoms with Crippen LogP contribution in [0.25, 0.3) is 0 Å². The van der Waals surface area contributed by atoms with Crippen molar-refractivity contribution in [2.24, 2.45) is 0 Å². The number of carbonyl (C=O) groups excluding carboxylic acids is 1. The third-order valence-corrected chi connectivity index (χ3v) is 3.61. The Labute approximate surface area is 133 Å². The lowest BCUT2D eigenvalue weighted by Crippen LogP contribution is -2.57. The predicted octanol–water partition coefficient (Wildman–Crippen LogP) is 2.55. The van der Waals surface area contributed by atoms with Gasteiger partial charge in [-0.05, 0) is 26.0 Å². The molecule has 1 N–H and O–H groups in total. The van der Waals surface area contributed by atoms with E-state index in [-0.39, 0.29) is 12.1 Å². The van der Waals surface area contributed by atoms with Gasteiger partial charge in [0.25, 0.3) is 0 Å². The number of urea groups is 1. The number of ether oxygens (including phenoxy) is 1. The summed E-state index contributed by atoms with van der Waals surface area (Å²) in [4.78, 5) is 25.0. The molecule has 3 rings (SSSR count). The Kier molecular flexibility index (Phi) is 4.06. The van der Waals surface area contributed by atoms with Gasteiger partial charge in [-0.15, -0.1) is 0 Å². The molecule has 2 amide bonds. The van der Waals surface area contributed by atoms with Crippen molar-refractivity contribution in [2.45, 2.75) is 20.0 Å². The van der Waals surface area contributed by atoms with Gasteiger partial charge >= 0.3 is 11.7 Å². The Morgan fingerprint density at radius 2 is 1.91 bits per heavy atom. The zero-order chi connectivity index (χ0) is 16.4. The smallest absolute Gasteiger partial charge is 0.339 e. The highest BCUT2D eigenvalue weighted by atomic mass is 16.5. The maximum atomic E-state index is 12.1. The highest BCUT2D eigenvalue weighted by Crippen LogP contribution is 2.19. The maximum absolute atomic E-state index is 12.1. The van der Waals surface area contributed by atoms with E-state index in [0.717, 1.165) is 11.3 Å². The number of aryl methyl sites for hydroxylation is 2. The number of likely N-dealkylation sites (tertiary alicyclic amines) is 1. The second-order valence-electron chi connectivity index (χ2n) is 5.66. The maximum Gasteiger partial charge on any atom is 0.339 e. The lowest BCUT2D eigenvalue weighted by Gasteiger charge is -2.38. The molecule has 120 valence electrons. The summed E-state index contributed by atoms with van der Waals surface area (Å²) in [5, 5.41) is 2.84. The first-order chi connectivity index (χ1) is 11.0. The van der Waals surface area contributed by atoms with E-state index < -0.39 is 5.63 Å². The summed E-state index contributed by atoms with van der Waals surface area (Å²) in [5.41, 5.74) is 1.47. The van der Waals surface area contributed by atoms with E-state index in [0.29, 0.717) is 24.6 Å². The van der Waals surface area contributed by atoms with Crippen LogP contribution in [-0.4, -0.2) is 30.1 Å². The van der Waals surface area contributed by atoms with Crippen LogP contribution in [-0.2, 0) is 0 Å². The van der Waals surface area contributed by atoms with E-state index in [9.17, 15) is 9.59 Å². The molecular formula is C17H18N2O4. The zero-order valence-corrected chi connectivity index (χ0v) is 13.0. The molecule has 23 heavy (non-hydrogen) atoms. The van der Waals surface area contributed by atoms with Crippen molar-refractivity contribution < 1.29 is 13.9 Å². The number of hydrogen-bond donors (Lipinski definition) is 1. The molecule has 0 spiro atoms. The highest BCUT2D eigenvalue weighted by molar-refractivity contribution is 5.89. The minimum atomic E-state index is -0.437. The van der Waals surface area contributed by atoms with Crippen LogP contribution in [0, 0.1) is 13.8 Å². The SMILES string of the molecule is Cc1ccc(NC(=O)N2CC(Oc3cc(C)oc(=O)c3)C2)cc1. The third kappa shape index (κ3) is 3.71. The van der Waals surface area contributed by atoms with E-state index in [1.807, 2.05) is 31.2 Å². The fourth-order valence-electron chi connectivity index (χ4n) is 2.35. The summed E-state index contributed by atoms with van der Waals surface area (Å²) < 4.78 is 10.6. The Balaban J connectivity index is 1.51. The first-order valence-corrected chi connectivity index (χ1v) is 7.40. The molecule has 1 fully saturated rings. The Hall–Kier alpha value is -2.76. The fourth-order valence-corrected chi connectivity index (χ4v) is 2.35. The van der Waals surface area contributed by atoms with Crippen molar-refractivity contribution in [2.75, 3.05) is 18.4 Å². The van der Waals surface area contributed by atoms with Gasteiger partial charge in [0.15, 0.2) is 0 Å². The van der Waals surface area contributed by atoms with Gasteiger partial charge in [0.2, 0.25) is 0 Å². The molecule has 2 heterocycles. The summed E-state index contributed by atoms with van der Waals surface area (Å²) >= 11 is 0. The van der Waals surface area contributed by atoms with Crippen molar-refractivity contribution in [3.63, 3.8) is 0 Å². The Bertz CT molecular complexity index is 761. The number of benzene rings is 1. The molecule has 0 unspecified atom stereocenters. The summed E-state index contributed by atoms with van der Waals surface area (Å²) in [6, 6.07) is 10.4. The number of nitrogens with zero attached hydrogens (tertiary/aromatic N) is 1. The summed E-state index contributed by atoms with van der Waals surface area (Å²) in [6.07, 6.45) is -0.111. The van der Waals surface area contributed by atoms with E-state index in [4.69, 9.17) is 9.15 Å². The molecule has 1 aliphatic heterocycles. The number of amides is 2. The van der Waals surface area contributed by atoms with Crippen LogP contribution in [0.1, 0.15) is 11.3 Å². The van der Waals surface area contributed by atoms with Gasteiger partial charge < -0.3 is 19.4 Å². The molecular weight excluding hydrogens is 296 g/mol. The zero-order valence-electron chi connectivity index (χ0n) is 13.0. The fraction of sp³-hybridized carbons (Fsp3) is 0.294. The Morgan fingerprint density at radius 3 is 2.57 bits per heavy atom. The second-order valence-corrected chi connectivity index (χ2v) is 5.66. The summed E-state index contributed by atoms with van der Waals surface area (Å²) in [7, 11) is 0. The monoisotopic (exact) mass is 314 g/mol. The Morgan fingerprint density at radius 1 is 1.22 bits per heavy atom. The van der Waals surface area contributed by atoms with Crippen molar-refractivity contribution in [1.29, 1.82) is 0 Å². The van der Waals surface area contributed by atoms with Gasteiger partial charge in [-0.3, -0.25) is 0 Å². The van der Waals surface area contributed by atoms with Crippen molar-refractivity contribution in [3.8, 4) is 5.75 Å². The molecule has 1 aromatic heterocycles. The minimum absolute atomic E-state index is 0.111. The molecule has 0 aliphatic carbocycles. The summed E-state index contributed by atoms with van der Waals surface area (Å²) in [5.74, 6) is 0.975. The quantitative estimate of drug-likeness (QED) is 0.945.